The van der Waals surface area contributed by atoms with Crippen molar-refractivity contribution in [3.05, 3.63) is 57.1 Å². The molecule has 7 heteroatoms. The summed E-state index contributed by atoms with van der Waals surface area (Å²) in [5.74, 6) is -0.112. The zero-order valence-corrected chi connectivity index (χ0v) is 14.4. The number of halogens is 1. The number of aryl methyl sites for hydroxylation is 1. The van der Waals surface area contributed by atoms with Gasteiger partial charge in [-0.2, -0.15) is 0 Å². The Labute approximate surface area is 148 Å². The average Bonchev–Trinajstić information content (AvgIpc) is 3.11. The maximum Gasteiger partial charge on any atom is 0.491 e. The van der Waals surface area contributed by atoms with E-state index >= 15 is 0 Å². The highest BCUT2D eigenvalue weighted by Crippen LogP contribution is 2.27. The molecule has 0 aliphatic carbocycles. The van der Waals surface area contributed by atoms with Gasteiger partial charge in [0.25, 0.3) is 0 Å². The van der Waals surface area contributed by atoms with Gasteiger partial charge in [-0.05, 0) is 41.7 Å². The summed E-state index contributed by atoms with van der Waals surface area (Å²) in [5, 5.41) is 11.0. The number of thiazole rings is 1. The Morgan fingerprint density at radius 3 is 3.08 bits per heavy atom. The number of carbonyl (C=O) groups excluding carboxylic acids is 1. The van der Waals surface area contributed by atoms with Crippen LogP contribution in [-0.4, -0.2) is 22.9 Å². The van der Waals surface area contributed by atoms with Crippen LogP contribution in [0.4, 0.5) is 0 Å². The molecule has 4 nitrogen and oxygen atoms in total. The van der Waals surface area contributed by atoms with Crippen molar-refractivity contribution in [3.8, 4) is 0 Å². The van der Waals surface area contributed by atoms with Crippen LogP contribution in [0.5, 0.6) is 0 Å². The van der Waals surface area contributed by atoms with Crippen LogP contribution < -0.4 is 5.46 Å². The lowest BCUT2D eigenvalue weighted by atomic mass is 9.78. The summed E-state index contributed by atoms with van der Waals surface area (Å²) >= 11 is 7.76. The van der Waals surface area contributed by atoms with E-state index in [9.17, 15) is 9.82 Å². The molecule has 0 spiro atoms. The Kier molecular flexibility index (Phi) is 3.93. The average molecular weight is 358 g/mol. The third-order valence-electron chi connectivity index (χ3n) is 4.17. The summed E-state index contributed by atoms with van der Waals surface area (Å²) in [6.07, 6.45) is 0.189. The number of benzene rings is 2. The molecule has 0 saturated heterocycles. The lowest BCUT2D eigenvalue weighted by molar-refractivity contribution is 0.0993. The highest BCUT2D eigenvalue weighted by molar-refractivity contribution is 7.18. The van der Waals surface area contributed by atoms with Crippen molar-refractivity contribution in [3.63, 3.8) is 0 Å². The lowest BCUT2D eigenvalue weighted by Crippen LogP contribution is -2.29. The van der Waals surface area contributed by atoms with E-state index in [4.69, 9.17) is 16.3 Å². The maximum absolute atomic E-state index is 12.7. The van der Waals surface area contributed by atoms with Gasteiger partial charge in [0.15, 0.2) is 5.78 Å². The number of carbonyl (C=O) groups is 1. The van der Waals surface area contributed by atoms with Crippen LogP contribution >= 0.6 is 22.9 Å². The molecule has 0 atom stereocenters. The van der Waals surface area contributed by atoms with Crippen LogP contribution in [0, 0.1) is 6.92 Å². The predicted octanol–water partition coefficient (Wildman–Crippen LogP) is 2.90. The first-order chi connectivity index (χ1) is 11.5. The van der Waals surface area contributed by atoms with Crippen LogP contribution in [0.3, 0.4) is 0 Å². The molecule has 0 unspecified atom stereocenters. The van der Waals surface area contributed by atoms with E-state index in [1.54, 1.807) is 12.1 Å². The number of fused-ring (bicyclic) bond motifs is 2. The number of nitrogens with zero attached hydrogens (tertiary/aromatic N) is 1. The van der Waals surface area contributed by atoms with Gasteiger partial charge < -0.3 is 9.68 Å². The van der Waals surface area contributed by atoms with Gasteiger partial charge in [0.2, 0.25) is 0 Å². The first-order valence-electron chi connectivity index (χ1n) is 7.53. The van der Waals surface area contributed by atoms with Crippen molar-refractivity contribution < 1.29 is 14.5 Å². The van der Waals surface area contributed by atoms with Crippen molar-refractivity contribution in [2.45, 2.75) is 20.0 Å². The minimum Gasteiger partial charge on any atom is -0.423 e. The topological polar surface area (TPSA) is 59.4 Å². The molecule has 1 N–H and O–H groups in total. The van der Waals surface area contributed by atoms with Gasteiger partial charge in [-0.1, -0.05) is 23.7 Å². The Bertz CT molecular complexity index is 972. The quantitative estimate of drug-likeness (QED) is 0.578. The Morgan fingerprint density at radius 2 is 2.29 bits per heavy atom. The van der Waals surface area contributed by atoms with E-state index in [1.807, 2.05) is 25.1 Å². The van der Waals surface area contributed by atoms with Crippen LogP contribution in [0.15, 0.2) is 30.3 Å². The molecule has 3 aromatic rings. The molecule has 1 aromatic heterocycles. The molecule has 1 aliphatic rings. The Morgan fingerprint density at radius 1 is 1.46 bits per heavy atom. The van der Waals surface area contributed by atoms with Gasteiger partial charge in [0.05, 0.1) is 28.3 Å². The highest BCUT2D eigenvalue weighted by atomic mass is 35.5. The first kappa shape index (κ1) is 15.8. The van der Waals surface area contributed by atoms with E-state index in [-0.39, 0.29) is 12.2 Å². The Balaban J connectivity index is 1.66. The third-order valence-corrected chi connectivity index (χ3v) is 5.50. The van der Waals surface area contributed by atoms with Crippen LogP contribution in [-0.2, 0) is 17.7 Å². The van der Waals surface area contributed by atoms with E-state index in [2.05, 4.69) is 4.98 Å². The van der Waals surface area contributed by atoms with Crippen LogP contribution in [0.2, 0.25) is 5.02 Å². The minimum absolute atomic E-state index is 0.112. The van der Waals surface area contributed by atoms with E-state index in [1.165, 1.54) is 11.3 Å². The zero-order chi connectivity index (χ0) is 16.8. The first-order valence-corrected chi connectivity index (χ1v) is 8.72. The van der Waals surface area contributed by atoms with E-state index in [0.717, 1.165) is 26.4 Å². The third kappa shape index (κ3) is 2.65. The summed E-state index contributed by atoms with van der Waals surface area (Å²) in [4.78, 5) is 17.2. The van der Waals surface area contributed by atoms with E-state index < -0.39 is 7.12 Å². The van der Waals surface area contributed by atoms with Gasteiger partial charge in [0.1, 0.15) is 5.01 Å². The molecule has 24 heavy (non-hydrogen) atoms. The molecule has 4 rings (SSSR count). The summed E-state index contributed by atoms with van der Waals surface area (Å²) in [7, 11) is -0.992. The number of hydrogen-bond acceptors (Lipinski definition) is 5. The fraction of sp³-hybridized carbons (Fsp3) is 0.176. The van der Waals surface area contributed by atoms with Gasteiger partial charge in [-0.25, -0.2) is 4.98 Å². The van der Waals surface area contributed by atoms with Crippen molar-refractivity contribution in [1.29, 1.82) is 0 Å². The number of aromatic nitrogens is 1. The standard InChI is InChI=1S/C17H13BClNO3S/c1-9-3-2-4-15-17(9)20-16(24-15)7-14(21)11-6-12-10(5-13(11)19)8-23-18(12)22/h2-6,22H,7-8H2,1H3. The molecule has 120 valence electrons. The molecular formula is C17H13BClNO3S. The predicted molar refractivity (Wildman–Crippen MR) is 96.2 cm³/mol. The molecule has 0 amide bonds. The minimum atomic E-state index is -0.992. The van der Waals surface area contributed by atoms with Crippen molar-refractivity contribution >= 4 is 51.5 Å². The second-order valence-corrected chi connectivity index (χ2v) is 7.35. The van der Waals surface area contributed by atoms with Crippen molar-refractivity contribution in [2.75, 3.05) is 0 Å². The maximum atomic E-state index is 12.7. The van der Waals surface area contributed by atoms with Crippen LogP contribution in [0.25, 0.3) is 10.2 Å². The fourth-order valence-corrected chi connectivity index (χ4v) is 4.23. The number of para-hydroxylation sites is 1. The molecule has 1 aliphatic heterocycles. The van der Waals surface area contributed by atoms with E-state index in [0.29, 0.717) is 22.7 Å². The van der Waals surface area contributed by atoms with Crippen LogP contribution in [0.1, 0.15) is 26.5 Å². The van der Waals surface area contributed by atoms with Gasteiger partial charge >= 0.3 is 7.12 Å². The van der Waals surface area contributed by atoms with Gasteiger partial charge in [-0.3, -0.25) is 4.79 Å². The summed E-state index contributed by atoms with van der Waals surface area (Å²) in [6.45, 7) is 2.31. The van der Waals surface area contributed by atoms with Crippen molar-refractivity contribution in [2.24, 2.45) is 0 Å². The van der Waals surface area contributed by atoms with Gasteiger partial charge in [-0.15, -0.1) is 11.3 Å². The smallest absolute Gasteiger partial charge is 0.423 e. The Hall–Kier alpha value is -1.73. The summed E-state index contributed by atoms with van der Waals surface area (Å²) in [6, 6.07) is 9.33. The second kappa shape index (κ2) is 5.97. The SMILES string of the molecule is Cc1cccc2sc(CC(=O)c3cc4c(cc3Cl)COB4O)nc12. The zero-order valence-electron chi connectivity index (χ0n) is 12.9. The number of ketones is 1. The monoisotopic (exact) mass is 357 g/mol. The second-order valence-electron chi connectivity index (χ2n) is 5.82. The molecular weight excluding hydrogens is 345 g/mol. The molecule has 0 bridgehead atoms. The van der Waals surface area contributed by atoms with Crippen molar-refractivity contribution in [1.82, 2.24) is 4.98 Å². The lowest BCUT2D eigenvalue weighted by Gasteiger charge is -2.06. The molecule has 2 heterocycles. The summed E-state index contributed by atoms with van der Waals surface area (Å²) < 4.78 is 6.23. The molecule has 0 saturated carbocycles. The molecule has 0 radical (unpaired) electrons. The highest BCUT2D eigenvalue weighted by Gasteiger charge is 2.29. The number of rotatable bonds is 3. The number of Topliss-reactive ketones (excluding diaryl/α,β-unsaturated/α-hetero) is 1. The normalized spacial score (nSPS) is 13.5. The molecule has 0 fully saturated rings. The number of hydrogen-bond donors (Lipinski definition) is 1. The fourth-order valence-electron chi connectivity index (χ4n) is 2.90. The largest absolute Gasteiger partial charge is 0.491 e. The summed E-state index contributed by atoms with van der Waals surface area (Å²) in [5.41, 5.74) is 3.87. The molecule has 2 aromatic carbocycles. The van der Waals surface area contributed by atoms with Gasteiger partial charge in [0, 0.05) is 5.56 Å².